The quantitative estimate of drug-likeness (QED) is 0.700. The molecule has 17 heavy (non-hydrogen) atoms. The number of halogens is 1. The van der Waals surface area contributed by atoms with E-state index in [1.807, 2.05) is 20.8 Å². The molecule has 1 aliphatic heterocycles. The molecule has 4 nitrogen and oxygen atoms in total. The Balaban J connectivity index is 2.42. The molecule has 0 bridgehead atoms. The summed E-state index contributed by atoms with van der Waals surface area (Å²) in [6.07, 6.45) is 1.45. The summed E-state index contributed by atoms with van der Waals surface area (Å²) >= 11 is 3.35. The van der Waals surface area contributed by atoms with E-state index < -0.39 is 5.60 Å². The molecule has 1 aliphatic rings. The number of piperidine rings is 1. The summed E-state index contributed by atoms with van der Waals surface area (Å²) in [7, 11) is 0. The van der Waals surface area contributed by atoms with Crippen LogP contribution in [0.3, 0.4) is 0 Å². The maximum Gasteiger partial charge on any atom is 0.410 e. The normalized spacial score (nSPS) is 19.6. The molecule has 0 aromatic heterocycles. The van der Waals surface area contributed by atoms with Crippen LogP contribution >= 0.6 is 15.9 Å². The van der Waals surface area contributed by atoms with E-state index in [1.165, 1.54) is 0 Å². The lowest BCUT2D eigenvalue weighted by atomic mass is 9.94. The number of amides is 1. The summed E-state index contributed by atoms with van der Waals surface area (Å²) in [5.41, 5.74) is -0.446. The first-order valence-corrected chi connectivity index (χ1v) is 6.76. The molecule has 1 amide bonds. The minimum Gasteiger partial charge on any atom is -0.444 e. The molecule has 1 fully saturated rings. The molecule has 96 valence electrons. The molecule has 1 rings (SSSR count). The SMILES string of the molecule is CC(C)(C)OC(=O)N1CCC(C(Br)C#N)CC1. The van der Waals surface area contributed by atoms with Crippen molar-refractivity contribution in [3.63, 3.8) is 0 Å². The van der Waals surface area contributed by atoms with Crippen molar-refractivity contribution in [2.45, 2.75) is 44.0 Å². The van der Waals surface area contributed by atoms with Crippen LogP contribution in [0.2, 0.25) is 0 Å². The Morgan fingerprint density at radius 2 is 2.00 bits per heavy atom. The monoisotopic (exact) mass is 302 g/mol. The van der Waals surface area contributed by atoms with E-state index in [1.54, 1.807) is 4.90 Å². The number of carbonyl (C=O) groups is 1. The van der Waals surface area contributed by atoms with Crippen LogP contribution in [-0.4, -0.2) is 34.5 Å². The Morgan fingerprint density at radius 3 is 2.41 bits per heavy atom. The summed E-state index contributed by atoms with van der Waals surface area (Å²) in [4.78, 5) is 13.4. The van der Waals surface area contributed by atoms with Crippen LogP contribution in [0.25, 0.3) is 0 Å². The van der Waals surface area contributed by atoms with E-state index in [0.29, 0.717) is 19.0 Å². The number of carbonyl (C=O) groups excluding carboxylic acids is 1. The van der Waals surface area contributed by atoms with Gasteiger partial charge in [0.25, 0.3) is 0 Å². The van der Waals surface area contributed by atoms with Crippen molar-refractivity contribution < 1.29 is 9.53 Å². The molecule has 1 heterocycles. The van der Waals surface area contributed by atoms with Gasteiger partial charge in [0.15, 0.2) is 0 Å². The number of likely N-dealkylation sites (tertiary alicyclic amines) is 1. The smallest absolute Gasteiger partial charge is 0.410 e. The first-order valence-electron chi connectivity index (χ1n) is 5.85. The second-order valence-electron chi connectivity index (χ2n) is 5.34. The molecule has 0 radical (unpaired) electrons. The number of hydrogen-bond acceptors (Lipinski definition) is 3. The highest BCUT2D eigenvalue weighted by Crippen LogP contribution is 2.25. The van der Waals surface area contributed by atoms with E-state index in [-0.39, 0.29) is 10.9 Å². The average molecular weight is 303 g/mol. The van der Waals surface area contributed by atoms with Gasteiger partial charge in [0.2, 0.25) is 0 Å². The van der Waals surface area contributed by atoms with Crippen molar-refractivity contribution in [2.75, 3.05) is 13.1 Å². The van der Waals surface area contributed by atoms with Crippen LogP contribution in [0, 0.1) is 17.2 Å². The van der Waals surface area contributed by atoms with Crippen molar-refractivity contribution in [1.29, 1.82) is 5.26 Å². The zero-order valence-electron chi connectivity index (χ0n) is 10.6. The lowest BCUT2D eigenvalue weighted by Crippen LogP contribution is -2.42. The predicted octanol–water partition coefficient (Wildman–Crippen LogP) is 2.92. The van der Waals surface area contributed by atoms with Crippen LogP contribution < -0.4 is 0 Å². The summed E-state index contributed by atoms with van der Waals surface area (Å²) in [5.74, 6) is 0.332. The highest BCUT2D eigenvalue weighted by atomic mass is 79.9. The maximum absolute atomic E-state index is 11.8. The first-order chi connectivity index (χ1) is 7.83. The molecule has 0 N–H and O–H groups in total. The predicted molar refractivity (Wildman–Crippen MR) is 68.9 cm³/mol. The summed E-state index contributed by atoms with van der Waals surface area (Å²) in [5, 5.41) is 8.81. The van der Waals surface area contributed by atoms with Gasteiger partial charge < -0.3 is 9.64 Å². The topological polar surface area (TPSA) is 53.3 Å². The van der Waals surface area contributed by atoms with Gasteiger partial charge in [0.05, 0.1) is 6.07 Å². The molecule has 0 saturated carbocycles. The van der Waals surface area contributed by atoms with Crippen LogP contribution in [-0.2, 0) is 4.74 Å². The number of alkyl halides is 1. The molecule has 1 unspecified atom stereocenters. The van der Waals surface area contributed by atoms with Crippen molar-refractivity contribution in [1.82, 2.24) is 4.90 Å². The number of ether oxygens (including phenoxy) is 1. The molecule has 0 aromatic rings. The van der Waals surface area contributed by atoms with Crippen LogP contribution in [0.15, 0.2) is 0 Å². The summed E-state index contributed by atoms with van der Waals surface area (Å²) in [6.45, 7) is 6.93. The average Bonchev–Trinajstić information content (AvgIpc) is 2.26. The second-order valence-corrected chi connectivity index (χ2v) is 6.32. The minimum atomic E-state index is -0.446. The largest absolute Gasteiger partial charge is 0.444 e. The molecule has 1 saturated heterocycles. The number of hydrogen-bond donors (Lipinski definition) is 0. The van der Waals surface area contributed by atoms with Gasteiger partial charge in [-0.1, -0.05) is 15.9 Å². The van der Waals surface area contributed by atoms with E-state index in [4.69, 9.17) is 10.00 Å². The van der Waals surface area contributed by atoms with Crippen molar-refractivity contribution in [2.24, 2.45) is 5.92 Å². The fraction of sp³-hybridized carbons (Fsp3) is 0.833. The Hall–Kier alpha value is -0.760. The van der Waals surface area contributed by atoms with Crippen LogP contribution in [0.4, 0.5) is 4.79 Å². The zero-order chi connectivity index (χ0) is 13.1. The molecule has 5 heteroatoms. The van der Waals surface area contributed by atoms with Gasteiger partial charge in [-0.15, -0.1) is 0 Å². The van der Waals surface area contributed by atoms with Gasteiger partial charge in [0.1, 0.15) is 10.4 Å². The maximum atomic E-state index is 11.8. The van der Waals surface area contributed by atoms with Crippen molar-refractivity contribution >= 4 is 22.0 Å². The molecular formula is C12H19BrN2O2. The number of nitrogens with zero attached hydrogens (tertiary/aromatic N) is 2. The zero-order valence-corrected chi connectivity index (χ0v) is 12.2. The van der Waals surface area contributed by atoms with Gasteiger partial charge in [-0.05, 0) is 39.5 Å². The van der Waals surface area contributed by atoms with Gasteiger partial charge >= 0.3 is 6.09 Å². The molecule has 0 spiro atoms. The number of nitriles is 1. The van der Waals surface area contributed by atoms with Gasteiger partial charge in [0, 0.05) is 13.1 Å². The Labute approximate surface area is 111 Å². The highest BCUT2D eigenvalue weighted by Gasteiger charge is 2.29. The van der Waals surface area contributed by atoms with Crippen molar-refractivity contribution in [3.8, 4) is 6.07 Å². The van der Waals surface area contributed by atoms with E-state index in [0.717, 1.165) is 12.8 Å². The van der Waals surface area contributed by atoms with E-state index in [9.17, 15) is 4.79 Å². The molecule has 0 aliphatic carbocycles. The first kappa shape index (κ1) is 14.3. The van der Waals surface area contributed by atoms with Gasteiger partial charge in [-0.2, -0.15) is 5.26 Å². The fourth-order valence-corrected chi connectivity index (χ4v) is 2.34. The third-order valence-electron chi connectivity index (χ3n) is 2.73. The third-order valence-corrected chi connectivity index (χ3v) is 3.68. The lowest BCUT2D eigenvalue weighted by Gasteiger charge is -2.33. The Kier molecular flexibility index (Phi) is 4.81. The Morgan fingerprint density at radius 1 is 1.47 bits per heavy atom. The molecule has 1 atom stereocenters. The summed E-state index contributed by atoms with van der Waals surface area (Å²) < 4.78 is 5.31. The van der Waals surface area contributed by atoms with Crippen LogP contribution in [0.5, 0.6) is 0 Å². The molecule has 0 aromatic carbocycles. The van der Waals surface area contributed by atoms with Gasteiger partial charge in [-0.3, -0.25) is 0 Å². The number of rotatable bonds is 1. The molecular weight excluding hydrogens is 284 g/mol. The third kappa shape index (κ3) is 4.55. The van der Waals surface area contributed by atoms with Crippen LogP contribution in [0.1, 0.15) is 33.6 Å². The van der Waals surface area contributed by atoms with Gasteiger partial charge in [-0.25, -0.2) is 4.79 Å². The van der Waals surface area contributed by atoms with Crippen molar-refractivity contribution in [3.05, 3.63) is 0 Å². The second kappa shape index (κ2) is 5.72. The highest BCUT2D eigenvalue weighted by molar-refractivity contribution is 9.09. The van der Waals surface area contributed by atoms with E-state index in [2.05, 4.69) is 22.0 Å². The standard InChI is InChI=1S/C12H19BrN2O2/c1-12(2,3)17-11(16)15-6-4-9(5-7-15)10(13)8-14/h9-10H,4-7H2,1-3H3. The lowest BCUT2D eigenvalue weighted by molar-refractivity contribution is 0.0187. The van der Waals surface area contributed by atoms with E-state index >= 15 is 0 Å². The Bertz CT molecular complexity index is 311. The minimum absolute atomic E-state index is 0.108. The fourth-order valence-electron chi connectivity index (χ4n) is 1.81. The summed E-state index contributed by atoms with van der Waals surface area (Å²) in [6, 6.07) is 2.20.